The number of hydrogen-bond donors (Lipinski definition) is 3. The summed E-state index contributed by atoms with van der Waals surface area (Å²) >= 11 is 0. The lowest BCUT2D eigenvalue weighted by Crippen LogP contribution is -2.16. The van der Waals surface area contributed by atoms with Crippen molar-refractivity contribution in [3.8, 4) is 0 Å². The van der Waals surface area contributed by atoms with Gasteiger partial charge in [0.1, 0.15) is 0 Å². The van der Waals surface area contributed by atoms with E-state index in [1.54, 1.807) is 18.2 Å². The smallest absolute Gasteiger partial charge is 0.248 e. The van der Waals surface area contributed by atoms with E-state index in [4.69, 9.17) is 11.5 Å². The number of nitrogens with two attached hydrogens (primary N) is 2. The summed E-state index contributed by atoms with van der Waals surface area (Å²) in [6, 6.07) is 5.09. The number of nitrogen functional groups attached to an aromatic ring is 1. The van der Waals surface area contributed by atoms with Crippen LogP contribution in [0, 0.1) is 5.92 Å². The van der Waals surface area contributed by atoms with E-state index in [0.29, 0.717) is 17.2 Å². The molecule has 1 unspecified atom stereocenters. The predicted molar refractivity (Wildman–Crippen MR) is 81.2 cm³/mol. The van der Waals surface area contributed by atoms with E-state index in [1.165, 1.54) is 19.3 Å². The second-order valence-corrected chi connectivity index (χ2v) is 4.96. The van der Waals surface area contributed by atoms with Crippen molar-refractivity contribution < 1.29 is 4.79 Å². The molecular weight excluding hydrogens is 238 g/mol. The molecule has 106 valence electrons. The number of unbranched alkanes of at least 4 members (excludes halogenated alkanes) is 1. The molecule has 1 aromatic rings. The Morgan fingerprint density at radius 1 is 1.37 bits per heavy atom. The Morgan fingerprint density at radius 3 is 2.68 bits per heavy atom. The quantitative estimate of drug-likeness (QED) is 0.631. The van der Waals surface area contributed by atoms with E-state index < -0.39 is 5.91 Å². The average molecular weight is 263 g/mol. The molecule has 19 heavy (non-hydrogen) atoms. The molecule has 0 aliphatic rings. The van der Waals surface area contributed by atoms with Gasteiger partial charge in [-0.15, -0.1) is 0 Å². The first kappa shape index (κ1) is 15.3. The molecule has 4 heteroatoms. The Morgan fingerprint density at radius 2 is 2.11 bits per heavy atom. The van der Waals surface area contributed by atoms with Crippen LogP contribution in [-0.4, -0.2) is 12.5 Å². The van der Waals surface area contributed by atoms with Gasteiger partial charge in [0, 0.05) is 12.1 Å². The zero-order valence-electron chi connectivity index (χ0n) is 11.9. The molecule has 1 rings (SSSR count). The maximum absolute atomic E-state index is 11.2. The minimum Gasteiger partial charge on any atom is -0.397 e. The number of anilines is 2. The lowest BCUT2D eigenvalue weighted by molar-refractivity contribution is 0.100. The molecule has 0 aromatic heterocycles. The summed E-state index contributed by atoms with van der Waals surface area (Å²) < 4.78 is 0. The zero-order valence-corrected chi connectivity index (χ0v) is 11.9. The van der Waals surface area contributed by atoms with Gasteiger partial charge >= 0.3 is 0 Å². The van der Waals surface area contributed by atoms with Gasteiger partial charge in [0.2, 0.25) is 5.91 Å². The van der Waals surface area contributed by atoms with Gasteiger partial charge in [-0.3, -0.25) is 4.79 Å². The summed E-state index contributed by atoms with van der Waals surface area (Å²) in [4.78, 5) is 11.2. The number of nitrogens with one attached hydrogen (secondary N) is 1. The fourth-order valence-corrected chi connectivity index (χ4v) is 2.06. The maximum Gasteiger partial charge on any atom is 0.248 e. The van der Waals surface area contributed by atoms with Crippen LogP contribution in [0.25, 0.3) is 0 Å². The molecule has 0 fully saturated rings. The Labute approximate surface area is 115 Å². The van der Waals surface area contributed by atoms with Crippen molar-refractivity contribution in [2.24, 2.45) is 11.7 Å². The number of primary amides is 1. The van der Waals surface area contributed by atoms with Crippen LogP contribution >= 0.6 is 0 Å². The van der Waals surface area contributed by atoms with Gasteiger partial charge in [-0.25, -0.2) is 0 Å². The Bertz CT molecular complexity index is 418. The lowest BCUT2D eigenvalue weighted by Gasteiger charge is -2.17. The second-order valence-electron chi connectivity index (χ2n) is 4.96. The van der Waals surface area contributed by atoms with E-state index >= 15 is 0 Å². The van der Waals surface area contributed by atoms with Crippen LogP contribution in [0.4, 0.5) is 11.4 Å². The first-order chi connectivity index (χ1) is 9.08. The minimum absolute atomic E-state index is 0.430. The SMILES string of the molecule is CCCCC(CC)CNc1cc(C(N)=O)ccc1N. The van der Waals surface area contributed by atoms with Gasteiger partial charge in [-0.05, 0) is 30.5 Å². The molecule has 0 aliphatic carbocycles. The minimum atomic E-state index is -0.430. The fraction of sp³-hybridized carbons (Fsp3) is 0.533. The van der Waals surface area contributed by atoms with Crippen LogP contribution < -0.4 is 16.8 Å². The highest BCUT2D eigenvalue weighted by Gasteiger charge is 2.08. The Balaban J connectivity index is 2.65. The topological polar surface area (TPSA) is 81.1 Å². The molecule has 1 amide bonds. The summed E-state index contributed by atoms with van der Waals surface area (Å²) in [6.07, 6.45) is 4.82. The highest BCUT2D eigenvalue weighted by Crippen LogP contribution is 2.21. The van der Waals surface area contributed by atoms with Crippen molar-refractivity contribution >= 4 is 17.3 Å². The molecule has 0 spiro atoms. The molecule has 0 saturated carbocycles. The molecule has 1 aromatic carbocycles. The van der Waals surface area contributed by atoms with Crippen LogP contribution in [-0.2, 0) is 0 Å². The fourth-order valence-electron chi connectivity index (χ4n) is 2.06. The van der Waals surface area contributed by atoms with Crippen LogP contribution in [0.2, 0.25) is 0 Å². The highest BCUT2D eigenvalue weighted by molar-refractivity contribution is 5.94. The van der Waals surface area contributed by atoms with Gasteiger partial charge in [-0.2, -0.15) is 0 Å². The van der Waals surface area contributed by atoms with Crippen LogP contribution in [0.1, 0.15) is 49.9 Å². The Hall–Kier alpha value is -1.71. The van der Waals surface area contributed by atoms with E-state index in [2.05, 4.69) is 19.2 Å². The van der Waals surface area contributed by atoms with Gasteiger partial charge in [0.15, 0.2) is 0 Å². The van der Waals surface area contributed by atoms with Gasteiger partial charge in [0.05, 0.1) is 11.4 Å². The molecule has 0 bridgehead atoms. The third kappa shape index (κ3) is 4.81. The largest absolute Gasteiger partial charge is 0.397 e. The van der Waals surface area contributed by atoms with Gasteiger partial charge in [0.25, 0.3) is 0 Å². The Kier molecular flexibility index (Phi) is 6.19. The molecule has 0 heterocycles. The number of carbonyl (C=O) groups is 1. The summed E-state index contributed by atoms with van der Waals surface area (Å²) in [5, 5.41) is 3.34. The zero-order chi connectivity index (χ0) is 14.3. The van der Waals surface area contributed by atoms with Crippen LogP contribution in [0.15, 0.2) is 18.2 Å². The molecule has 0 aliphatic heterocycles. The number of benzene rings is 1. The van der Waals surface area contributed by atoms with Crippen molar-refractivity contribution in [3.05, 3.63) is 23.8 Å². The third-order valence-corrected chi connectivity index (χ3v) is 3.46. The maximum atomic E-state index is 11.2. The van der Waals surface area contributed by atoms with E-state index in [0.717, 1.165) is 18.7 Å². The normalized spacial score (nSPS) is 12.1. The predicted octanol–water partition coefficient (Wildman–Crippen LogP) is 3.00. The van der Waals surface area contributed by atoms with Crippen LogP contribution in [0.5, 0.6) is 0 Å². The number of rotatable bonds is 8. The molecular formula is C15H25N3O. The number of carbonyl (C=O) groups excluding carboxylic acids is 1. The van der Waals surface area contributed by atoms with Crippen molar-refractivity contribution in [3.63, 3.8) is 0 Å². The van der Waals surface area contributed by atoms with Gasteiger partial charge < -0.3 is 16.8 Å². The number of hydrogen-bond acceptors (Lipinski definition) is 3. The van der Waals surface area contributed by atoms with Crippen molar-refractivity contribution in [2.75, 3.05) is 17.6 Å². The standard InChI is InChI=1S/C15H25N3O/c1-3-5-6-11(4-2)10-18-14-9-12(15(17)19)7-8-13(14)16/h7-9,11,18H,3-6,10,16H2,1-2H3,(H2,17,19). The highest BCUT2D eigenvalue weighted by atomic mass is 16.1. The summed E-state index contributed by atoms with van der Waals surface area (Å²) in [6.45, 7) is 5.28. The van der Waals surface area contributed by atoms with Crippen molar-refractivity contribution in [1.29, 1.82) is 0 Å². The summed E-state index contributed by atoms with van der Waals surface area (Å²) in [5.74, 6) is 0.206. The molecule has 5 N–H and O–H groups in total. The van der Waals surface area contributed by atoms with E-state index in [9.17, 15) is 4.79 Å². The van der Waals surface area contributed by atoms with E-state index in [1.807, 2.05) is 0 Å². The molecule has 0 radical (unpaired) electrons. The lowest BCUT2D eigenvalue weighted by atomic mass is 9.99. The summed E-state index contributed by atoms with van der Waals surface area (Å²) in [7, 11) is 0. The molecule has 1 atom stereocenters. The van der Waals surface area contributed by atoms with Crippen molar-refractivity contribution in [1.82, 2.24) is 0 Å². The molecule has 4 nitrogen and oxygen atoms in total. The van der Waals surface area contributed by atoms with E-state index in [-0.39, 0.29) is 0 Å². The van der Waals surface area contributed by atoms with Crippen LogP contribution in [0.3, 0.4) is 0 Å². The first-order valence-corrected chi connectivity index (χ1v) is 7.01. The van der Waals surface area contributed by atoms with Crippen molar-refractivity contribution in [2.45, 2.75) is 39.5 Å². The first-order valence-electron chi connectivity index (χ1n) is 7.01. The monoisotopic (exact) mass is 263 g/mol. The second kappa shape index (κ2) is 7.67. The van der Waals surface area contributed by atoms with Gasteiger partial charge in [-0.1, -0.05) is 33.1 Å². The summed E-state index contributed by atoms with van der Waals surface area (Å²) in [5.41, 5.74) is 13.1. The number of amides is 1. The molecule has 0 saturated heterocycles. The third-order valence-electron chi connectivity index (χ3n) is 3.46. The average Bonchev–Trinajstić information content (AvgIpc) is 2.40.